The molecule has 1 aromatic carbocycles. The maximum atomic E-state index is 11.4. The normalized spacial score (nSPS) is 21.5. The van der Waals surface area contributed by atoms with Crippen molar-refractivity contribution in [1.82, 2.24) is 5.32 Å². The predicted octanol–water partition coefficient (Wildman–Crippen LogP) is 1.92. The number of carbonyl (C=O) groups excluding carboxylic acids is 1. The summed E-state index contributed by atoms with van der Waals surface area (Å²) < 4.78 is 1.07. The second kappa shape index (κ2) is 4.24. The van der Waals surface area contributed by atoms with Crippen molar-refractivity contribution < 1.29 is 4.79 Å². The van der Waals surface area contributed by atoms with E-state index in [4.69, 9.17) is 0 Å². The maximum Gasteiger partial charge on any atom is 0.151 e. The number of ketones is 1. The van der Waals surface area contributed by atoms with Crippen LogP contribution in [0.5, 0.6) is 0 Å². The number of halogens is 1. The summed E-state index contributed by atoms with van der Waals surface area (Å²) in [5.41, 5.74) is 1.20. The molecule has 2 rings (SSSR count). The van der Waals surface area contributed by atoms with Gasteiger partial charge in [-0.3, -0.25) is 4.79 Å². The molecule has 0 aliphatic carbocycles. The van der Waals surface area contributed by atoms with Gasteiger partial charge in [0.1, 0.15) is 0 Å². The summed E-state index contributed by atoms with van der Waals surface area (Å²) in [5.74, 6) is 0.338. The Morgan fingerprint density at radius 1 is 1.50 bits per heavy atom. The molecule has 1 aliphatic heterocycles. The molecule has 14 heavy (non-hydrogen) atoms. The third kappa shape index (κ3) is 2.22. The van der Waals surface area contributed by atoms with Crippen molar-refractivity contribution in [3.63, 3.8) is 0 Å². The summed E-state index contributed by atoms with van der Waals surface area (Å²) in [6.07, 6.45) is 1.48. The first kappa shape index (κ1) is 9.87. The zero-order valence-electron chi connectivity index (χ0n) is 7.79. The molecule has 1 atom stereocenters. The molecule has 0 radical (unpaired) electrons. The molecule has 1 aromatic rings. The summed E-state index contributed by atoms with van der Waals surface area (Å²) in [7, 11) is 0. The van der Waals surface area contributed by atoms with Gasteiger partial charge in [0.25, 0.3) is 0 Å². The Morgan fingerprint density at radius 3 is 3.00 bits per heavy atom. The largest absolute Gasteiger partial charge is 0.307 e. The number of benzene rings is 1. The second-order valence-electron chi connectivity index (χ2n) is 3.56. The fourth-order valence-corrected chi connectivity index (χ4v) is 2.19. The van der Waals surface area contributed by atoms with Crippen LogP contribution in [-0.4, -0.2) is 18.4 Å². The maximum absolute atomic E-state index is 11.4. The predicted molar refractivity (Wildman–Crippen MR) is 59.3 cm³/mol. The van der Waals surface area contributed by atoms with E-state index in [-0.39, 0.29) is 6.04 Å². The van der Waals surface area contributed by atoms with Gasteiger partial charge < -0.3 is 5.32 Å². The van der Waals surface area contributed by atoms with Gasteiger partial charge in [-0.2, -0.15) is 0 Å². The van der Waals surface area contributed by atoms with E-state index in [9.17, 15) is 4.79 Å². The van der Waals surface area contributed by atoms with Crippen LogP contribution in [0.4, 0.5) is 0 Å². The highest BCUT2D eigenvalue weighted by Crippen LogP contribution is 2.14. The van der Waals surface area contributed by atoms with Crippen molar-refractivity contribution in [2.24, 2.45) is 0 Å². The summed E-state index contributed by atoms with van der Waals surface area (Å²) in [6, 6.07) is 8.14. The molecule has 1 fully saturated rings. The fraction of sp³-hybridized carbons (Fsp3) is 0.364. The molecular formula is C11H12BrNO. The molecule has 74 valence electrons. The number of rotatable bonds is 2. The molecule has 0 bridgehead atoms. The lowest BCUT2D eigenvalue weighted by molar-refractivity contribution is -0.118. The molecule has 3 heteroatoms. The topological polar surface area (TPSA) is 29.1 Å². The molecule has 0 saturated carbocycles. The Kier molecular flexibility index (Phi) is 2.99. The third-order valence-electron chi connectivity index (χ3n) is 2.48. The average molecular weight is 254 g/mol. The Morgan fingerprint density at radius 2 is 2.36 bits per heavy atom. The van der Waals surface area contributed by atoms with Crippen LogP contribution in [0, 0.1) is 0 Å². The zero-order valence-corrected chi connectivity index (χ0v) is 9.38. The standard InChI is InChI=1S/C11H12BrNO/c12-9-3-1-2-8(6-9)7-10-11(14)4-5-13-10/h1-3,6,10,13H,4-5,7H2. The lowest BCUT2D eigenvalue weighted by Crippen LogP contribution is -2.29. The van der Waals surface area contributed by atoms with E-state index in [0.717, 1.165) is 17.4 Å². The monoisotopic (exact) mass is 253 g/mol. The molecule has 0 spiro atoms. The van der Waals surface area contributed by atoms with Crippen LogP contribution in [0.15, 0.2) is 28.7 Å². The van der Waals surface area contributed by atoms with Crippen LogP contribution in [-0.2, 0) is 11.2 Å². The van der Waals surface area contributed by atoms with Crippen LogP contribution in [0.1, 0.15) is 12.0 Å². The SMILES string of the molecule is O=C1CCNC1Cc1cccc(Br)c1. The lowest BCUT2D eigenvalue weighted by Gasteiger charge is -2.08. The van der Waals surface area contributed by atoms with E-state index in [1.807, 2.05) is 12.1 Å². The van der Waals surface area contributed by atoms with Gasteiger partial charge in [-0.05, 0) is 24.1 Å². The van der Waals surface area contributed by atoms with E-state index < -0.39 is 0 Å². The van der Waals surface area contributed by atoms with E-state index in [1.165, 1.54) is 5.56 Å². The Bertz CT molecular complexity index is 351. The number of carbonyl (C=O) groups is 1. The van der Waals surface area contributed by atoms with Crippen LogP contribution in [0.25, 0.3) is 0 Å². The molecular weight excluding hydrogens is 242 g/mol. The van der Waals surface area contributed by atoms with E-state index in [1.54, 1.807) is 0 Å². The van der Waals surface area contributed by atoms with Crippen LogP contribution >= 0.6 is 15.9 Å². The first-order valence-electron chi connectivity index (χ1n) is 4.76. The van der Waals surface area contributed by atoms with Gasteiger partial charge in [0.2, 0.25) is 0 Å². The first-order chi connectivity index (χ1) is 6.75. The van der Waals surface area contributed by atoms with E-state index in [2.05, 4.69) is 33.4 Å². The minimum absolute atomic E-state index is 0.0318. The van der Waals surface area contributed by atoms with Crippen molar-refractivity contribution >= 4 is 21.7 Å². The number of Topliss-reactive ketones (excluding diaryl/α,β-unsaturated/α-hetero) is 1. The second-order valence-corrected chi connectivity index (χ2v) is 4.47. The third-order valence-corrected chi connectivity index (χ3v) is 2.97. The molecule has 1 saturated heterocycles. The molecule has 1 heterocycles. The molecule has 1 N–H and O–H groups in total. The Balaban J connectivity index is 2.07. The summed E-state index contributed by atoms with van der Waals surface area (Å²) in [4.78, 5) is 11.4. The lowest BCUT2D eigenvalue weighted by atomic mass is 10.0. The minimum atomic E-state index is 0.0318. The van der Waals surface area contributed by atoms with Crippen molar-refractivity contribution in [2.75, 3.05) is 6.54 Å². The molecule has 1 aliphatic rings. The van der Waals surface area contributed by atoms with Crippen LogP contribution in [0.2, 0.25) is 0 Å². The summed E-state index contributed by atoms with van der Waals surface area (Å²) in [5, 5.41) is 3.21. The van der Waals surface area contributed by atoms with Gasteiger partial charge in [0, 0.05) is 17.4 Å². The smallest absolute Gasteiger partial charge is 0.151 e. The summed E-state index contributed by atoms with van der Waals surface area (Å²) in [6.45, 7) is 0.831. The van der Waals surface area contributed by atoms with Crippen LogP contribution in [0.3, 0.4) is 0 Å². The zero-order chi connectivity index (χ0) is 9.97. The highest BCUT2D eigenvalue weighted by Gasteiger charge is 2.23. The average Bonchev–Trinajstić information content (AvgIpc) is 2.52. The van der Waals surface area contributed by atoms with Crippen molar-refractivity contribution in [1.29, 1.82) is 0 Å². The van der Waals surface area contributed by atoms with E-state index in [0.29, 0.717) is 12.2 Å². The minimum Gasteiger partial charge on any atom is -0.307 e. The van der Waals surface area contributed by atoms with Gasteiger partial charge in [-0.1, -0.05) is 28.1 Å². The molecule has 2 nitrogen and oxygen atoms in total. The fourth-order valence-electron chi connectivity index (χ4n) is 1.74. The van der Waals surface area contributed by atoms with Crippen LogP contribution < -0.4 is 5.32 Å². The van der Waals surface area contributed by atoms with Gasteiger partial charge in [-0.15, -0.1) is 0 Å². The number of hydrogen-bond donors (Lipinski definition) is 1. The molecule has 0 amide bonds. The Hall–Kier alpha value is -0.670. The molecule has 1 unspecified atom stereocenters. The first-order valence-corrected chi connectivity index (χ1v) is 5.55. The van der Waals surface area contributed by atoms with E-state index >= 15 is 0 Å². The Labute approximate surface area is 91.8 Å². The summed E-state index contributed by atoms with van der Waals surface area (Å²) >= 11 is 3.42. The van der Waals surface area contributed by atoms with Crippen molar-refractivity contribution in [3.8, 4) is 0 Å². The van der Waals surface area contributed by atoms with Crippen molar-refractivity contribution in [3.05, 3.63) is 34.3 Å². The quantitative estimate of drug-likeness (QED) is 0.873. The van der Waals surface area contributed by atoms with Gasteiger partial charge in [-0.25, -0.2) is 0 Å². The van der Waals surface area contributed by atoms with Gasteiger partial charge >= 0.3 is 0 Å². The van der Waals surface area contributed by atoms with Gasteiger partial charge in [0.05, 0.1) is 6.04 Å². The highest BCUT2D eigenvalue weighted by atomic mass is 79.9. The van der Waals surface area contributed by atoms with Crippen molar-refractivity contribution in [2.45, 2.75) is 18.9 Å². The molecule has 0 aromatic heterocycles. The van der Waals surface area contributed by atoms with Gasteiger partial charge in [0.15, 0.2) is 5.78 Å². The highest BCUT2D eigenvalue weighted by molar-refractivity contribution is 9.10. The number of nitrogens with one attached hydrogen (secondary N) is 1. The number of hydrogen-bond acceptors (Lipinski definition) is 2.